The van der Waals surface area contributed by atoms with Gasteiger partial charge in [-0.2, -0.15) is 5.10 Å². The highest BCUT2D eigenvalue weighted by molar-refractivity contribution is 4.79. The van der Waals surface area contributed by atoms with Gasteiger partial charge in [0.05, 0.1) is 6.54 Å². The number of rotatable bonds is 5. The Labute approximate surface area is 79.2 Å². The lowest BCUT2D eigenvalue weighted by atomic mass is 10.1. The fraction of sp³-hybridized carbons (Fsp3) is 0.778. The van der Waals surface area contributed by atoms with Crippen molar-refractivity contribution >= 4 is 0 Å². The number of nitrogens with two attached hydrogens (primary N) is 1. The van der Waals surface area contributed by atoms with E-state index in [9.17, 15) is 0 Å². The zero-order valence-electron chi connectivity index (χ0n) is 8.40. The van der Waals surface area contributed by atoms with E-state index in [1.165, 1.54) is 12.8 Å². The maximum absolute atomic E-state index is 5.41. The number of hydrogen-bond donors (Lipinski definition) is 1. The molecule has 0 spiro atoms. The normalized spacial score (nSPS) is 13.2. The minimum absolute atomic E-state index is 0.426. The molecule has 2 N–H and O–H groups in total. The van der Waals surface area contributed by atoms with Crippen LogP contribution in [0.4, 0.5) is 0 Å². The van der Waals surface area contributed by atoms with Gasteiger partial charge in [0.2, 0.25) is 0 Å². The van der Waals surface area contributed by atoms with Crippen molar-refractivity contribution in [1.82, 2.24) is 14.8 Å². The highest BCUT2D eigenvalue weighted by Crippen LogP contribution is 2.07. The van der Waals surface area contributed by atoms with E-state index in [2.05, 4.69) is 23.9 Å². The SMILES string of the molecule is CCCC(C)Cn1cnc(CN)n1. The van der Waals surface area contributed by atoms with E-state index in [0.717, 1.165) is 12.4 Å². The lowest BCUT2D eigenvalue weighted by Crippen LogP contribution is -2.09. The van der Waals surface area contributed by atoms with Crippen LogP contribution in [0.25, 0.3) is 0 Å². The second kappa shape index (κ2) is 4.97. The van der Waals surface area contributed by atoms with Crippen LogP contribution in [0.15, 0.2) is 6.33 Å². The summed E-state index contributed by atoms with van der Waals surface area (Å²) in [5.74, 6) is 1.39. The summed E-state index contributed by atoms with van der Waals surface area (Å²) in [7, 11) is 0. The average Bonchev–Trinajstić information content (AvgIpc) is 2.52. The van der Waals surface area contributed by atoms with Crippen LogP contribution in [-0.4, -0.2) is 14.8 Å². The maximum Gasteiger partial charge on any atom is 0.164 e. The van der Waals surface area contributed by atoms with E-state index in [-0.39, 0.29) is 0 Å². The van der Waals surface area contributed by atoms with Crippen LogP contribution >= 0.6 is 0 Å². The summed E-state index contributed by atoms with van der Waals surface area (Å²) in [6.45, 7) is 5.80. The molecule has 0 bridgehead atoms. The van der Waals surface area contributed by atoms with Crippen molar-refractivity contribution in [2.45, 2.75) is 39.8 Å². The van der Waals surface area contributed by atoms with E-state index in [1.54, 1.807) is 6.33 Å². The maximum atomic E-state index is 5.41. The fourth-order valence-corrected chi connectivity index (χ4v) is 1.42. The van der Waals surface area contributed by atoms with Crippen molar-refractivity contribution in [3.63, 3.8) is 0 Å². The first-order valence-electron chi connectivity index (χ1n) is 4.84. The van der Waals surface area contributed by atoms with E-state index in [1.807, 2.05) is 4.68 Å². The number of hydrogen-bond acceptors (Lipinski definition) is 3. The van der Waals surface area contributed by atoms with Gasteiger partial charge in [0.15, 0.2) is 5.82 Å². The van der Waals surface area contributed by atoms with Gasteiger partial charge in [-0.15, -0.1) is 0 Å². The van der Waals surface area contributed by atoms with Crippen LogP contribution in [0.1, 0.15) is 32.5 Å². The van der Waals surface area contributed by atoms with E-state index in [4.69, 9.17) is 5.73 Å². The molecule has 1 heterocycles. The highest BCUT2D eigenvalue weighted by Gasteiger charge is 2.03. The summed E-state index contributed by atoms with van der Waals surface area (Å²) in [5, 5.41) is 4.23. The molecular formula is C9H18N4. The van der Waals surface area contributed by atoms with E-state index < -0.39 is 0 Å². The lowest BCUT2D eigenvalue weighted by Gasteiger charge is -2.08. The predicted octanol–water partition coefficient (Wildman–Crippen LogP) is 1.17. The van der Waals surface area contributed by atoms with Crippen LogP contribution < -0.4 is 5.73 Å². The van der Waals surface area contributed by atoms with Crippen LogP contribution in [-0.2, 0) is 13.1 Å². The summed E-state index contributed by atoms with van der Waals surface area (Å²) in [4.78, 5) is 4.07. The molecule has 0 saturated heterocycles. The Morgan fingerprint density at radius 3 is 2.92 bits per heavy atom. The largest absolute Gasteiger partial charge is 0.324 e. The Balaban J connectivity index is 2.44. The van der Waals surface area contributed by atoms with Gasteiger partial charge in [0.1, 0.15) is 6.33 Å². The molecule has 0 aliphatic heterocycles. The number of nitrogens with zero attached hydrogens (tertiary/aromatic N) is 3. The quantitative estimate of drug-likeness (QED) is 0.743. The second-order valence-corrected chi connectivity index (χ2v) is 3.48. The Morgan fingerprint density at radius 2 is 2.38 bits per heavy atom. The van der Waals surface area contributed by atoms with Crippen LogP contribution in [0, 0.1) is 5.92 Å². The average molecular weight is 182 g/mol. The topological polar surface area (TPSA) is 56.7 Å². The van der Waals surface area contributed by atoms with Crippen molar-refractivity contribution in [2.24, 2.45) is 11.7 Å². The minimum Gasteiger partial charge on any atom is -0.324 e. The molecule has 4 heteroatoms. The van der Waals surface area contributed by atoms with Gasteiger partial charge in [0, 0.05) is 6.54 Å². The Bertz CT molecular complexity index is 244. The minimum atomic E-state index is 0.426. The Morgan fingerprint density at radius 1 is 1.62 bits per heavy atom. The third-order valence-corrected chi connectivity index (χ3v) is 2.05. The first kappa shape index (κ1) is 10.2. The smallest absolute Gasteiger partial charge is 0.164 e. The third kappa shape index (κ3) is 3.14. The monoisotopic (exact) mass is 182 g/mol. The van der Waals surface area contributed by atoms with Gasteiger partial charge in [0.25, 0.3) is 0 Å². The van der Waals surface area contributed by atoms with Gasteiger partial charge in [-0.05, 0) is 12.3 Å². The molecule has 0 amide bonds. The first-order chi connectivity index (χ1) is 6.26. The third-order valence-electron chi connectivity index (χ3n) is 2.05. The van der Waals surface area contributed by atoms with Crippen LogP contribution in [0.5, 0.6) is 0 Å². The molecule has 13 heavy (non-hydrogen) atoms. The van der Waals surface area contributed by atoms with Crippen molar-refractivity contribution in [3.8, 4) is 0 Å². The molecule has 1 rings (SSSR count). The van der Waals surface area contributed by atoms with Gasteiger partial charge < -0.3 is 5.73 Å². The van der Waals surface area contributed by atoms with Gasteiger partial charge in [-0.1, -0.05) is 20.3 Å². The van der Waals surface area contributed by atoms with Crippen LogP contribution in [0.2, 0.25) is 0 Å². The van der Waals surface area contributed by atoms with Gasteiger partial charge in [-0.3, -0.25) is 4.68 Å². The first-order valence-corrected chi connectivity index (χ1v) is 4.84. The summed E-state index contributed by atoms with van der Waals surface area (Å²) >= 11 is 0. The zero-order chi connectivity index (χ0) is 9.68. The van der Waals surface area contributed by atoms with Gasteiger partial charge >= 0.3 is 0 Å². The molecule has 0 aliphatic rings. The van der Waals surface area contributed by atoms with Crippen molar-refractivity contribution < 1.29 is 0 Å². The molecule has 1 atom stereocenters. The molecule has 0 aliphatic carbocycles. The van der Waals surface area contributed by atoms with Gasteiger partial charge in [-0.25, -0.2) is 4.98 Å². The summed E-state index contributed by atoms with van der Waals surface area (Å²) in [5.41, 5.74) is 5.41. The second-order valence-electron chi connectivity index (χ2n) is 3.48. The zero-order valence-corrected chi connectivity index (χ0v) is 8.40. The Hall–Kier alpha value is -0.900. The molecule has 0 fully saturated rings. The van der Waals surface area contributed by atoms with E-state index >= 15 is 0 Å². The lowest BCUT2D eigenvalue weighted by molar-refractivity contribution is 0.418. The van der Waals surface area contributed by atoms with E-state index in [0.29, 0.717) is 12.5 Å². The molecule has 1 aromatic heterocycles. The van der Waals surface area contributed by atoms with Crippen molar-refractivity contribution in [1.29, 1.82) is 0 Å². The van der Waals surface area contributed by atoms with Crippen molar-refractivity contribution in [2.75, 3.05) is 0 Å². The van der Waals surface area contributed by atoms with Crippen molar-refractivity contribution in [3.05, 3.63) is 12.2 Å². The Kier molecular flexibility index (Phi) is 3.89. The summed E-state index contributed by atoms with van der Waals surface area (Å²) in [6.07, 6.45) is 4.21. The van der Waals surface area contributed by atoms with Crippen LogP contribution in [0.3, 0.4) is 0 Å². The molecule has 0 aromatic carbocycles. The summed E-state index contributed by atoms with van der Waals surface area (Å²) in [6, 6.07) is 0. The predicted molar refractivity (Wildman–Crippen MR) is 52.0 cm³/mol. The molecule has 1 aromatic rings. The molecule has 0 saturated carbocycles. The molecular weight excluding hydrogens is 164 g/mol. The highest BCUT2D eigenvalue weighted by atomic mass is 15.3. The number of aromatic nitrogens is 3. The molecule has 4 nitrogen and oxygen atoms in total. The molecule has 1 unspecified atom stereocenters. The fourth-order valence-electron chi connectivity index (χ4n) is 1.42. The standard InChI is InChI=1S/C9H18N4/c1-3-4-8(2)6-13-7-11-9(5-10)12-13/h7-8H,3-6,10H2,1-2H3. The molecule has 74 valence electrons. The molecule has 0 radical (unpaired) electrons. The summed E-state index contributed by atoms with van der Waals surface area (Å²) < 4.78 is 1.88.